The topological polar surface area (TPSA) is 58.6 Å². The van der Waals surface area contributed by atoms with E-state index in [9.17, 15) is 4.79 Å². The third-order valence-corrected chi connectivity index (χ3v) is 6.18. The van der Waals surface area contributed by atoms with Crippen LogP contribution in [0.3, 0.4) is 0 Å². The molecule has 3 heterocycles. The smallest absolute Gasteiger partial charge is 0.254 e. The summed E-state index contributed by atoms with van der Waals surface area (Å²) in [7, 11) is 1.63. The van der Waals surface area contributed by atoms with Crippen molar-refractivity contribution < 1.29 is 9.53 Å². The van der Waals surface area contributed by atoms with Crippen LogP contribution in [-0.2, 0) is 0 Å². The largest absolute Gasteiger partial charge is 0.497 e. The van der Waals surface area contributed by atoms with Crippen molar-refractivity contribution in [3.05, 3.63) is 58.7 Å². The number of methoxy groups -OCH3 is 1. The van der Waals surface area contributed by atoms with Gasteiger partial charge in [0.25, 0.3) is 5.91 Å². The van der Waals surface area contributed by atoms with Crippen LogP contribution in [0.2, 0.25) is 0 Å². The molecule has 0 saturated carbocycles. The van der Waals surface area contributed by atoms with E-state index in [1.54, 1.807) is 18.4 Å². The van der Waals surface area contributed by atoms with Crippen LogP contribution < -0.4 is 9.64 Å². The van der Waals surface area contributed by atoms with Crippen LogP contribution in [0.15, 0.2) is 41.9 Å². The van der Waals surface area contributed by atoms with Crippen molar-refractivity contribution in [3.8, 4) is 16.3 Å². The summed E-state index contributed by atoms with van der Waals surface area (Å²) in [4.78, 5) is 26.2. The Morgan fingerprint density at radius 3 is 2.48 bits per heavy atom. The molecule has 150 valence electrons. The number of carbonyl (C=O) groups excluding carboxylic acids is 1. The second-order valence-electron chi connectivity index (χ2n) is 7.16. The number of ether oxygens (including phenoxy) is 1. The van der Waals surface area contributed by atoms with Crippen molar-refractivity contribution in [1.29, 1.82) is 0 Å². The normalized spacial score (nSPS) is 14.2. The molecule has 1 aliphatic rings. The van der Waals surface area contributed by atoms with Crippen molar-refractivity contribution in [3.63, 3.8) is 0 Å². The first-order valence-corrected chi connectivity index (χ1v) is 10.5. The minimum atomic E-state index is 0.0762. The molecule has 0 unspecified atom stereocenters. The minimum absolute atomic E-state index is 0.0762. The average Bonchev–Trinajstić information content (AvgIpc) is 3.20. The molecule has 2 aromatic heterocycles. The zero-order valence-electron chi connectivity index (χ0n) is 16.9. The van der Waals surface area contributed by atoms with E-state index >= 15 is 0 Å². The molecular formula is C22H24N4O2S. The number of aryl methyl sites for hydroxylation is 2. The molecule has 1 fully saturated rings. The number of carbonyl (C=O) groups is 1. The van der Waals surface area contributed by atoms with Crippen molar-refractivity contribution >= 4 is 23.1 Å². The van der Waals surface area contributed by atoms with E-state index in [1.165, 1.54) is 0 Å². The van der Waals surface area contributed by atoms with Gasteiger partial charge in [0.15, 0.2) is 0 Å². The fourth-order valence-electron chi connectivity index (χ4n) is 3.50. The Morgan fingerprint density at radius 2 is 1.90 bits per heavy atom. The first kappa shape index (κ1) is 19.4. The number of benzene rings is 1. The van der Waals surface area contributed by atoms with Gasteiger partial charge in [-0.25, -0.2) is 9.97 Å². The maximum absolute atomic E-state index is 12.9. The molecule has 1 aliphatic heterocycles. The Morgan fingerprint density at radius 1 is 1.10 bits per heavy atom. The summed E-state index contributed by atoms with van der Waals surface area (Å²) in [6, 6.07) is 9.70. The second-order valence-corrected chi connectivity index (χ2v) is 8.02. The van der Waals surface area contributed by atoms with Gasteiger partial charge in [-0.05, 0) is 49.7 Å². The molecule has 0 N–H and O–H groups in total. The molecule has 0 spiro atoms. The minimum Gasteiger partial charge on any atom is -0.497 e. The SMILES string of the molecule is COc1ccc(C(=O)N2CCN(c3ccc(-c4nc(C)cs4)cn3)CC2)c(C)c1. The number of thiazole rings is 1. The van der Waals surface area contributed by atoms with Crippen LogP contribution in [0.5, 0.6) is 5.75 Å². The number of aromatic nitrogens is 2. The molecule has 3 aromatic rings. The summed E-state index contributed by atoms with van der Waals surface area (Å²) in [6.45, 7) is 6.84. The quantitative estimate of drug-likeness (QED) is 0.657. The lowest BCUT2D eigenvalue weighted by molar-refractivity contribution is 0.0745. The van der Waals surface area contributed by atoms with Crippen LogP contribution in [-0.4, -0.2) is 54.1 Å². The van der Waals surface area contributed by atoms with Gasteiger partial charge in [-0.15, -0.1) is 11.3 Å². The highest BCUT2D eigenvalue weighted by molar-refractivity contribution is 7.13. The zero-order chi connectivity index (χ0) is 20.4. The van der Waals surface area contributed by atoms with Gasteiger partial charge in [0, 0.05) is 54.6 Å². The molecule has 0 radical (unpaired) electrons. The Bertz CT molecular complexity index is 1010. The highest BCUT2D eigenvalue weighted by Gasteiger charge is 2.24. The van der Waals surface area contributed by atoms with Crippen LogP contribution in [0.25, 0.3) is 10.6 Å². The number of pyridine rings is 1. The summed E-state index contributed by atoms with van der Waals surface area (Å²) in [5, 5.41) is 3.04. The standard InChI is InChI=1S/C22H24N4O2S/c1-15-12-18(28-3)5-6-19(15)22(27)26-10-8-25(9-11-26)20-7-4-17(13-23-20)21-24-16(2)14-29-21/h4-7,12-14H,8-11H2,1-3H3. The third kappa shape index (κ3) is 4.10. The van der Waals surface area contributed by atoms with Gasteiger partial charge in [0.1, 0.15) is 16.6 Å². The van der Waals surface area contributed by atoms with Crippen molar-refractivity contribution in [2.45, 2.75) is 13.8 Å². The van der Waals surface area contributed by atoms with Crippen molar-refractivity contribution in [1.82, 2.24) is 14.9 Å². The van der Waals surface area contributed by atoms with Crippen LogP contribution in [0, 0.1) is 13.8 Å². The lowest BCUT2D eigenvalue weighted by Gasteiger charge is -2.35. The molecule has 1 aromatic carbocycles. The fraction of sp³-hybridized carbons (Fsp3) is 0.318. The number of nitrogens with zero attached hydrogens (tertiary/aromatic N) is 4. The molecule has 0 atom stereocenters. The predicted octanol–water partition coefficient (Wildman–Crippen LogP) is 3.79. The fourth-order valence-corrected chi connectivity index (χ4v) is 4.29. The molecule has 0 aliphatic carbocycles. The van der Waals surface area contributed by atoms with Gasteiger partial charge in [-0.3, -0.25) is 4.79 Å². The molecule has 1 saturated heterocycles. The Balaban J connectivity index is 1.39. The van der Waals surface area contributed by atoms with Crippen molar-refractivity contribution in [2.24, 2.45) is 0 Å². The Hall–Kier alpha value is -2.93. The number of hydrogen-bond acceptors (Lipinski definition) is 6. The summed E-state index contributed by atoms with van der Waals surface area (Å²) in [5.41, 5.74) is 3.74. The highest BCUT2D eigenvalue weighted by Crippen LogP contribution is 2.25. The predicted molar refractivity (Wildman–Crippen MR) is 116 cm³/mol. The first-order chi connectivity index (χ1) is 14.0. The van der Waals surface area contributed by atoms with Gasteiger partial charge in [-0.2, -0.15) is 0 Å². The summed E-state index contributed by atoms with van der Waals surface area (Å²) >= 11 is 1.63. The monoisotopic (exact) mass is 408 g/mol. The summed E-state index contributed by atoms with van der Waals surface area (Å²) in [6.07, 6.45) is 1.88. The Kier molecular flexibility index (Phi) is 5.49. The second kappa shape index (κ2) is 8.21. The summed E-state index contributed by atoms with van der Waals surface area (Å²) < 4.78 is 5.23. The van der Waals surface area contributed by atoms with Crippen molar-refractivity contribution in [2.75, 3.05) is 38.2 Å². The van der Waals surface area contributed by atoms with Gasteiger partial charge in [0.2, 0.25) is 0 Å². The zero-order valence-corrected chi connectivity index (χ0v) is 17.7. The molecule has 29 heavy (non-hydrogen) atoms. The molecule has 6 nitrogen and oxygen atoms in total. The maximum Gasteiger partial charge on any atom is 0.254 e. The van der Waals surface area contributed by atoms with E-state index in [1.807, 2.05) is 54.6 Å². The summed E-state index contributed by atoms with van der Waals surface area (Å²) in [5.74, 6) is 1.79. The van der Waals surface area contributed by atoms with Crippen LogP contribution >= 0.6 is 11.3 Å². The molecule has 7 heteroatoms. The lowest BCUT2D eigenvalue weighted by Crippen LogP contribution is -2.49. The molecular weight excluding hydrogens is 384 g/mol. The van der Waals surface area contributed by atoms with E-state index in [0.717, 1.165) is 52.0 Å². The van der Waals surface area contributed by atoms with Gasteiger partial charge >= 0.3 is 0 Å². The maximum atomic E-state index is 12.9. The van der Waals surface area contributed by atoms with E-state index in [-0.39, 0.29) is 5.91 Å². The van der Waals surface area contributed by atoms with Crippen LogP contribution in [0.1, 0.15) is 21.6 Å². The molecule has 0 bridgehead atoms. The van der Waals surface area contributed by atoms with Gasteiger partial charge in [0.05, 0.1) is 7.11 Å². The van der Waals surface area contributed by atoms with E-state index in [0.29, 0.717) is 13.1 Å². The highest BCUT2D eigenvalue weighted by atomic mass is 32.1. The van der Waals surface area contributed by atoms with E-state index in [2.05, 4.69) is 20.9 Å². The average molecular weight is 409 g/mol. The number of amides is 1. The Labute approximate surface area is 174 Å². The first-order valence-electron chi connectivity index (χ1n) is 9.62. The van der Waals surface area contributed by atoms with E-state index in [4.69, 9.17) is 4.74 Å². The van der Waals surface area contributed by atoms with Gasteiger partial charge < -0.3 is 14.5 Å². The molecule has 4 rings (SSSR count). The lowest BCUT2D eigenvalue weighted by atomic mass is 10.1. The molecule has 1 amide bonds. The van der Waals surface area contributed by atoms with E-state index < -0.39 is 0 Å². The number of piperazine rings is 1. The number of anilines is 1. The number of hydrogen-bond donors (Lipinski definition) is 0. The third-order valence-electron chi connectivity index (χ3n) is 5.17. The van der Waals surface area contributed by atoms with Crippen LogP contribution in [0.4, 0.5) is 5.82 Å². The number of rotatable bonds is 4. The van der Waals surface area contributed by atoms with Gasteiger partial charge in [-0.1, -0.05) is 0 Å².